The highest BCUT2D eigenvalue weighted by molar-refractivity contribution is 9.07. The molecule has 1 atom stereocenters. The second-order valence-corrected chi connectivity index (χ2v) is 2.59. The Morgan fingerprint density at radius 3 is 3.10 bits per heavy atom. The zero-order valence-electron chi connectivity index (χ0n) is 5.45. The van der Waals surface area contributed by atoms with Gasteiger partial charge < -0.3 is 4.74 Å². The Balaban J connectivity index is 2.51. The van der Waals surface area contributed by atoms with Gasteiger partial charge in [0.2, 0.25) is 0 Å². The van der Waals surface area contributed by atoms with Gasteiger partial charge in [-0.3, -0.25) is 0 Å². The first kappa shape index (κ1) is 7.53. The Morgan fingerprint density at radius 1 is 2.00 bits per heavy atom. The van der Waals surface area contributed by atoms with Crippen molar-refractivity contribution in [2.24, 2.45) is 5.10 Å². The van der Waals surface area contributed by atoms with Crippen LogP contribution >= 0.6 is 16.1 Å². The highest BCUT2D eigenvalue weighted by Crippen LogP contribution is 2.15. The highest BCUT2D eigenvalue weighted by Gasteiger charge is 2.27. The van der Waals surface area contributed by atoms with Gasteiger partial charge in [0, 0.05) is 12.6 Å². The fraction of sp³-hybridized carbons (Fsp3) is 0.600. The molecular formula is C5H7BrN2O2. The van der Waals surface area contributed by atoms with E-state index in [4.69, 9.17) is 0 Å². The minimum atomic E-state index is -0.287. The average Bonchev–Trinajstić information content (AvgIpc) is 2.34. The summed E-state index contributed by atoms with van der Waals surface area (Å²) in [6.45, 7) is 0. The van der Waals surface area contributed by atoms with Crippen LogP contribution in [0, 0.1) is 0 Å². The van der Waals surface area contributed by atoms with Crippen molar-refractivity contribution in [1.29, 1.82) is 0 Å². The van der Waals surface area contributed by atoms with Crippen LogP contribution in [0.1, 0.15) is 6.42 Å². The van der Waals surface area contributed by atoms with E-state index >= 15 is 0 Å². The van der Waals surface area contributed by atoms with E-state index in [2.05, 4.69) is 26.0 Å². The minimum absolute atomic E-state index is 0.269. The predicted octanol–water partition coefficient (Wildman–Crippen LogP) is 0.529. The number of hydrogen-bond acceptors (Lipinski definition) is 4. The van der Waals surface area contributed by atoms with Gasteiger partial charge in [-0.25, -0.2) is 8.83 Å². The first-order valence-corrected chi connectivity index (χ1v) is 3.52. The van der Waals surface area contributed by atoms with Gasteiger partial charge in [-0.2, -0.15) is 5.10 Å². The van der Waals surface area contributed by atoms with Crippen molar-refractivity contribution >= 4 is 28.3 Å². The number of halogens is 1. The molecule has 1 heterocycles. The molecule has 0 radical (unpaired) electrons. The molecule has 0 N–H and O–H groups in total. The van der Waals surface area contributed by atoms with Crippen molar-refractivity contribution in [3.63, 3.8) is 0 Å². The summed E-state index contributed by atoms with van der Waals surface area (Å²) in [4.78, 5) is 10.9. The van der Waals surface area contributed by atoms with Gasteiger partial charge in [0.25, 0.3) is 0 Å². The predicted molar refractivity (Wildman–Crippen MR) is 39.7 cm³/mol. The van der Waals surface area contributed by atoms with E-state index in [1.807, 2.05) is 0 Å². The molecule has 0 aromatic rings. The normalized spacial score (nSPS) is 23.4. The van der Waals surface area contributed by atoms with E-state index in [0.717, 1.165) is 0 Å². The third-order valence-electron chi connectivity index (χ3n) is 1.25. The third kappa shape index (κ3) is 1.29. The lowest BCUT2D eigenvalue weighted by molar-refractivity contribution is -0.144. The molecule has 1 aliphatic heterocycles. The van der Waals surface area contributed by atoms with Crippen LogP contribution in [0.3, 0.4) is 0 Å². The summed E-state index contributed by atoms with van der Waals surface area (Å²) < 4.78 is 5.93. The lowest BCUT2D eigenvalue weighted by Gasteiger charge is -2.12. The molecule has 4 nitrogen and oxygen atoms in total. The number of esters is 1. The molecule has 0 saturated heterocycles. The van der Waals surface area contributed by atoms with Gasteiger partial charge in [-0.1, -0.05) is 0 Å². The van der Waals surface area contributed by atoms with Crippen LogP contribution in [0.25, 0.3) is 0 Å². The van der Waals surface area contributed by atoms with Crippen molar-refractivity contribution in [2.75, 3.05) is 7.11 Å². The fourth-order valence-electron chi connectivity index (χ4n) is 0.712. The summed E-state index contributed by atoms with van der Waals surface area (Å²) in [7, 11) is 1.36. The van der Waals surface area contributed by atoms with E-state index in [1.54, 1.807) is 6.21 Å². The molecule has 0 amide bonds. The molecule has 0 aromatic heterocycles. The number of hydrazone groups is 1. The van der Waals surface area contributed by atoms with Gasteiger partial charge in [-0.05, 0) is 0 Å². The zero-order chi connectivity index (χ0) is 7.56. The van der Waals surface area contributed by atoms with Crippen LogP contribution in [0.2, 0.25) is 0 Å². The van der Waals surface area contributed by atoms with Crippen LogP contribution in [0.4, 0.5) is 0 Å². The smallest absolute Gasteiger partial charge is 0.331 e. The first-order valence-electron chi connectivity index (χ1n) is 2.81. The maximum absolute atomic E-state index is 10.9. The largest absolute Gasteiger partial charge is 0.467 e. The Hall–Kier alpha value is -0.580. The lowest BCUT2D eigenvalue weighted by Crippen LogP contribution is -2.28. The van der Waals surface area contributed by atoms with Gasteiger partial charge in [0.15, 0.2) is 6.04 Å². The summed E-state index contributed by atoms with van der Waals surface area (Å²) in [5, 5.41) is 3.81. The molecule has 0 bridgehead atoms. The number of carbonyl (C=O) groups excluding carboxylic acids is 1. The summed E-state index contributed by atoms with van der Waals surface area (Å²) in [5.74, 6) is -0.269. The Bertz CT molecular complexity index is 171. The molecular weight excluding hydrogens is 200 g/mol. The van der Waals surface area contributed by atoms with Crippen LogP contribution < -0.4 is 0 Å². The third-order valence-corrected chi connectivity index (χ3v) is 1.93. The average molecular weight is 207 g/mol. The maximum atomic E-state index is 10.9. The summed E-state index contributed by atoms with van der Waals surface area (Å²) in [6, 6.07) is -0.287. The van der Waals surface area contributed by atoms with E-state index in [-0.39, 0.29) is 12.0 Å². The van der Waals surface area contributed by atoms with Gasteiger partial charge >= 0.3 is 5.97 Å². The van der Waals surface area contributed by atoms with E-state index in [0.29, 0.717) is 6.42 Å². The van der Waals surface area contributed by atoms with Gasteiger partial charge in [-0.15, -0.1) is 0 Å². The van der Waals surface area contributed by atoms with E-state index in [1.165, 1.54) is 11.1 Å². The second-order valence-electron chi connectivity index (χ2n) is 1.86. The first-order chi connectivity index (χ1) is 4.75. The maximum Gasteiger partial charge on any atom is 0.331 e. The number of ether oxygens (including phenoxy) is 1. The molecule has 1 rings (SSSR count). The van der Waals surface area contributed by atoms with E-state index in [9.17, 15) is 4.79 Å². The van der Waals surface area contributed by atoms with Crippen LogP contribution in [0.5, 0.6) is 0 Å². The minimum Gasteiger partial charge on any atom is -0.467 e. The quantitative estimate of drug-likeness (QED) is 0.465. The molecule has 1 aliphatic rings. The van der Waals surface area contributed by atoms with Crippen molar-refractivity contribution in [3.8, 4) is 0 Å². The van der Waals surface area contributed by atoms with Crippen molar-refractivity contribution in [2.45, 2.75) is 12.5 Å². The molecule has 0 saturated carbocycles. The van der Waals surface area contributed by atoms with Crippen molar-refractivity contribution in [3.05, 3.63) is 0 Å². The SMILES string of the molecule is COC(=O)C1CC=NN1Br. The second kappa shape index (κ2) is 3.01. The van der Waals surface area contributed by atoms with E-state index < -0.39 is 0 Å². The number of methoxy groups -OCH3 is 1. The van der Waals surface area contributed by atoms with Gasteiger partial charge in [0.05, 0.1) is 23.3 Å². The molecule has 56 valence electrons. The summed E-state index contributed by atoms with van der Waals surface area (Å²) in [5.41, 5.74) is 0. The summed E-state index contributed by atoms with van der Waals surface area (Å²) >= 11 is 3.08. The molecule has 5 heteroatoms. The molecule has 1 unspecified atom stereocenters. The molecule has 10 heavy (non-hydrogen) atoms. The standard InChI is InChI=1S/C5H7BrN2O2/c1-10-5(9)4-2-3-7-8(4)6/h3-4H,2H2,1H3. The van der Waals surface area contributed by atoms with Crippen molar-refractivity contribution in [1.82, 2.24) is 4.03 Å². The van der Waals surface area contributed by atoms with Crippen LogP contribution in [-0.4, -0.2) is 29.4 Å². The molecule has 0 spiro atoms. The van der Waals surface area contributed by atoms with Crippen molar-refractivity contribution < 1.29 is 9.53 Å². The van der Waals surface area contributed by atoms with Gasteiger partial charge in [0.1, 0.15) is 0 Å². The van der Waals surface area contributed by atoms with Crippen LogP contribution in [-0.2, 0) is 9.53 Å². The fourth-order valence-corrected chi connectivity index (χ4v) is 1.18. The Kier molecular flexibility index (Phi) is 2.26. The monoisotopic (exact) mass is 206 g/mol. The Labute approximate surface area is 67.2 Å². The molecule has 0 fully saturated rings. The Morgan fingerprint density at radius 2 is 2.70 bits per heavy atom. The van der Waals surface area contributed by atoms with Crippen LogP contribution in [0.15, 0.2) is 5.10 Å². The summed E-state index contributed by atoms with van der Waals surface area (Å²) in [6.07, 6.45) is 2.27. The zero-order valence-corrected chi connectivity index (χ0v) is 7.04. The molecule has 0 aliphatic carbocycles. The topological polar surface area (TPSA) is 41.9 Å². The number of nitrogens with zero attached hydrogens (tertiary/aromatic N) is 2. The lowest BCUT2D eigenvalue weighted by atomic mass is 10.2. The highest BCUT2D eigenvalue weighted by atomic mass is 79.9. The number of rotatable bonds is 1. The number of hydrogen-bond donors (Lipinski definition) is 0. The molecule has 0 aromatic carbocycles. The number of carbonyl (C=O) groups is 1.